The molecule has 0 spiro atoms. The maximum Gasteiger partial charge on any atom is 0.252 e. The van der Waals surface area contributed by atoms with Crippen molar-refractivity contribution in [2.24, 2.45) is 5.92 Å². The van der Waals surface area contributed by atoms with E-state index in [0.29, 0.717) is 30.1 Å². The summed E-state index contributed by atoms with van der Waals surface area (Å²) in [6.07, 6.45) is 4.65. The highest BCUT2D eigenvalue weighted by atomic mass is 32.2. The van der Waals surface area contributed by atoms with Crippen molar-refractivity contribution < 1.29 is 13.2 Å². The summed E-state index contributed by atoms with van der Waals surface area (Å²) in [6.45, 7) is 2.66. The predicted octanol–water partition coefficient (Wildman–Crippen LogP) is 1.67. The molecule has 2 saturated heterocycles. The number of nitrogens with zero attached hydrogens (tertiary/aromatic N) is 2. The fraction of sp³-hybridized carbons (Fsp3) is 0.667. The van der Waals surface area contributed by atoms with Crippen LogP contribution < -0.4 is 5.43 Å². The highest BCUT2D eigenvalue weighted by Gasteiger charge is 2.33. The van der Waals surface area contributed by atoms with Crippen LogP contribution in [0.4, 0.5) is 0 Å². The largest absolute Gasteiger partial charge is 0.289 e. The smallest absolute Gasteiger partial charge is 0.252 e. The number of carbonyl (C=O) groups is 1. The standard InChI is InChI=1S/C15H23N3O3S2/c19-15(16-17-8-2-1-3-9-17)13-6-10-18(11-7-13)23(20,21)14-5-4-12-22-14/h4-5,12-13H,1-3,6-11H2,(H,16,19). The van der Waals surface area contributed by atoms with E-state index < -0.39 is 10.0 Å². The number of nitrogens with one attached hydrogen (secondary N) is 1. The van der Waals surface area contributed by atoms with E-state index >= 15 is 0 Å². The van der Waals surface area contributed by atoms with Gasteiger partial charge in [-0.15, -0.1) is 11.3 Å². The molecule has 2 aliphatic rings. The summed E-state index contributed by atoms with van der Waals surface area (Å²) in [6, 6.07) is 3.38. The Morgan fingerprint density at radius 1 is 1.13 bits per heavy atom. The van der Waals surface area contributed by atoms with Gasteiger partial charge >= 0.3 is 0 Å². The zero-order valence-electron chi connectivity index (χ0n) is 13.1. The van der Waals surface area contributed by atoms with Crippen molar-refractivity contribution in [2.75, 3.05) is 26.2 Å². The van der Waals surface area contributed by atoms with Gasteiger partial charge < -0.3 is 0 Å². The fourth-order valence-corrected chi connectivity index (χ4v) is 5.76. The van der Waals surface area contributed by atoms with Crippen LogP contribution in [0.1, 0.15) is 32.1 Å². The van der Waals surface area contributed by atoms with Crippen LogP contribution in [0.3, 0.4) is 0 Å². The number of hydrogen-bond donors (Lipinski definition) is 1. The summed E-state index contributed by atoms with van der Waals surface area (Å²) in [5.74, 6) is -0.0493. The number of hydrogen-bond acceptors (Lipinski definition) is 5. The number of rotatable bonds is 4. The second kappa shape index (κ2) is 7.29. The van der Waals surface area contributed by atoms with Gasteiger partial charge in [-0.1, -0.05) is 12.5 Å². The molecule has 0 bridgehead atoms. The molecular weight excluding hydrogens is 334 g/mol. The van der Waals surface area contributed by atoms with Gasteiger partial charge in [0.05, 0.1) is 0 Å². The zero-order chi connectivity index (χ0) is 16.3. The minimum Gasteiger partial charge on any atom is -0.289 e. The van der Waals surface area contributed by atoms with E-state index in [1.54, 1.807) is 17.5 Å². The van der Waals surface area contributed by atoms with Crippen molar-refractivity contribution in [1.82, 2.24) is 14.7 Å². The number of sulfonamides is 1. The molecular formula is C15H23N3O3S2. The number of piperidine rings is 2. The maximum atomic E-state index is 12.5. The first-order chi connectivity index (χ1) is 11.1. The Morgan fingerprint density at radius 3 is 2.43 bits per heavy atom. The third-order valence-corrected chi connectivity index (χ3v) is 7.81. The first-order valence-corrected chi connectivity index (χ1v) is 10.5. The van der Waals surface area contributed by atoms with Gasteiger partial charge in [0, 0.05) is 32.1 Å². The SMILES string of the molecule is O=C(NN1CCCCC1)C1CCN(S(=O)(=O)c2cccs2)CC1. The van der Waals surface area contributed by atoms with Crippen molar-refractivity contribution in [3.8, 4) is 0 Å². The van der Waals surface area contributed by atoms with Crippen LogP contribution in [0.15, 0.2) is 21.7 Å². The minimum absolute atomic E-state index is 0.0417. The monoisotopic (exact) mass is 357 g/mol. The lowest BCUT2D eigenvalue weighted by atomic mass is 9.97. The molecule has 0 aromatic carbocycles. The summed E-state index contributed by atoms with van der Waals surface area (Å²) in [4.78, 5) is 12.3. The normalized spacial score (nSPS) is 22.1. The lowest BCUT2D eigenvalue weighted by Crippen LogP contribution is -2.49. The second-order valence-corrected chi connectivity index (χ2v) is 9.25. The molecule has 2 fully saturated rings. The Balaban J connectivity index is 1.53. The van der Waals surface area contributed by atoms with Crippen molar-refractivity contribution in [3.05, 3.63) is 17.5 Å². The van der Waals surface area contributed by atoms with Gasteiger partial charge in [-0.25, -0.2) is 13.4 Å². The summed E-state index contributed by atoms with van der Waals surface area (Å²) in [5.41, 5.74) is 3.00. The molecule has 3 heterocycles. The summed E-state index contributed by atoms with van der Waals surface area (Å²) >= 11 is 1.24. The van der Waals surface area contributed by atoms with Crippen LogP contribution in [0.25, 0.3) is 0 Å². The predicted molar refractivity (Wildman–Crippen MR) is 89.4 cm³/mol. The average Bonchev–Trinajstić information content (AvgIpc) is 3.11. The molecule has 1 aromatic heterocycles. The molecule has 1 amide bonds. The molecule has 2 aliphatic heterocycles. The number of amides is 1. The van der Waals surface area contributed by atoms with Crippen molar-refractivity contribution in [1.29, 1.82) is 0 Å². The molecule has 23 heavy (non-hydrogen) atoms. The number of carbonyl (C=O) groups excluding carboxylic acids is 1. The third-order valence-electron chi connectivity index (χ3n) is 4.54. The van der Waals surface area contributed by atoms with E-state index in [1.807, 2.05) is 5.01 Å². The van der Waals surface area contributed by atoms with Crippen LogP contribution in [0, 0.1) is 5.92 Å². The Hall–Kier alpha value is -0.960. The fourth-order valence-electron chi connectivity index (χ4n) is 3.15. The van der Waals surface area contributed by atoms with Crippen molar-refractivity contribution in [3.63, 3.8) is 0 Å². The van der Waals surface area contributed by atoms with Gasteiger partial charge in [-0.3, -0.25) is 10.2 Å². The molecule has 1 N–H and O–H groups in total. The van der Waals surface area contributed by atoms with Crippen LogP contribution in [0.2, 0.25) is 0 Å². The van der Waals surface area contributed by atoms with E-state index in [0.717, 1.165) is 25.9 Å². The van der Waals surface area contributed by atoms with Crippen molar-refractivity contribution in [2.45, 2.75) is 36.3 Å². The van der Waals surface area contributed by atoms with Crippen LogP contribution in [0.5, 0.6) is 0 Å². The molecule has 0 aliphatic carbocycles. The van der Waals surface area contributed by atoms with E-state index in [1.165, 1.54) is 22.1 Å². The molecule has 0 radical (unpaired) electrons. The zero-order valence-corrected chi connectivity index (χ0v) is 14.7. The maximum absolute atomic E-state index is 12.5. The lowest BCUT2D eigenvalue weighted by Gasteiger charge is -2.33. The molecule has 3 rings (SSSR count). The van der Waals surface area contributed by atoms with Gasteiger partial charge in [-0.2, -0.15) is 4.31 Å². The van der Waals surface area contributed by atoms with Gasteiger partial charge in [0.1, 0.15) is 4.21 Å². The first-order valence-electron chi connectivity index (χ1n) is 8.16. The Kier molecular flexibility index (Phi) is 5.35. The topological polar surface area (TPSA) is 69.7 Å². The molecule has 8 heteroatoms. The Bertz CT molecular complexity index is 616. The molecule has 0 saturated carbocycles. The van der Waals surface area contributed by atoms with Gasteiger partial charge in [-0.05, 0) is 37.1 Å². The Labute approximate surface area is 141 Å². The molecule has 1 aromatic rings. The van der Waals surface area contributed by atoms with Crippen LogP contribution >= 0.6 is 11.3 Å². The van der Waals surface area contributed by atoms with Gasteiger partial charge in [0.25, 0.3) is 10.0 Å². The highest BCUT2D eigenvalue weighted by Crippen LogP contribution is 2.26. The van der Waals surface area contributed by atoms with Gasteiger partial charge in [0.15, 0.2) is 0 Å². The van der Waals surface area contributed by atoms with E-state index in [4.69, 9.17) is 0 Å². The molecule has 0 atom stereocenters. The first kappa shape index (κ1) is 16.9. The minimum atomic E-state index is -3.39. The lowest BCUT2D eigenvalue weighted by molar-refractivity contribution is -0.131. The average molecular weight is 358 g/mol. The molecule has 6 nitrogen and oxygen atoms in total. The summed E-state index contributed by atoms with van der Waals surface area (Å²) < 4.78 is 26.8. The highest BCUT2D eigenvalue weighted by molar-refractivity contribution is 7.91. The van der Waals surface area contributed by atoms with Gasteiger partial charge in [0.2, 0.25) is 5.91 Å². The number of thiophene rings is 1. The van der Waals surface area contributed by atoms with E-state index in [9.17, 15) is 13.2 Å². The van der Waals surface area contributed by atoms with Crippen LogP contribution in [-0.2, 0) is 14.8 Å². The van der Waals surface area contributed by atoms with E-state index in [2.05, 4.69) is 5.43 Å². The van der Waals surface area contributed by atoms with Crippen LogP contribution in [-0.4, -0.2) is 49.8 Å². The molecule has 128 valence electrons. The van der Waals surface area contributed by atoms with E-state index in [-0.39, 0.29) is 11.8 Å². The quantitative estimate of drug-likeness (QED) is 0.890. The van der Waals surface area contributed by atoms with Crippen molar-refractivity contribution >= 4 is 27.3 Å². The second-order valence-electron chi connectivity index (χ2n) is 6.13. The Morgan fingerprint density at radius 2 is 1.83 bits per heavy atom. The summed E-state index contributed by atoms with van der Waals surface area (Å²) in [5, 5.41) is 3.77. The summed E-state index contributed by atoms with van der Waals surface area (Å²) in [7, 11) is -3.39. The third kappa shape index (κ3) is 3.93. The number of hydrazine groups is 1. The molecule has 0 unspecified atom stereocenters.